The van der Waals surface area contributed by atoms with Gasteiger partial charge in [-0.2, -0.15) is 5.26 Å². The molecule has 4 N–H and O–H groups in total. The number of nitrogens with one attached hydrogen (secondary N) is 4. The van der Waals surface area contributed by atoms with Gasteiger partial charge in [-0.05, 0) is 57.2 Å². The Balaban J connectivity index is 1.61. The van der Waals surface area contributed by atoms with Crippen LogP contribution >= 0.6 is 23.2 Å². The number of halogens is 3. The third-order valence-electron chi connectivity index (χ3n) is 6.38. The highest BCUT2D eigenvalue weighted by Crippen LogP contribution is 2.37. The number of pyridine rings is 2. The summed E-state index contributed by atoms with van der Waals surface area (Å²) >= 11 is 12.7. The molecule has 198 valence electrons. The molecule has 1 atom stereocenters. The van der Waals surface area contributed by atoms with Crippen LogP contribution in [0.4, 0.5) is 21.5 Å². The molecule has 0 aliphatic carbocycles. The van der Waals surface area contributed by atoms with Gasteiger partial charge in [0.15, 0.2) is 0 Å². The average molecular weight is 563 g/mol. The van der Waals surface area contributed by atoms with Crippen molar-refractivity contribution in [1.82, 2.24) is 25.9 Å². The number of aryl methyl sites for hydroxylation is 1. The fourth-order valence-corrected chi connectivity index (χ4v) is 4.79. The first-order chi connectivity index (χ1) is 18.7. The summed E-state index contributed by atoms with van der Waals surface area (Å²) in [7, 11) is 0. The number of fused-ring (bicyclic) bond motifs is 1. The molecule has 4 aromatic rings. The zero-order valence-electron chi connectivity index (χ0n) is 21.4. The van der Waals surface area contributed by atoms with Gasteiger partial charge in [-0.1, -0.05) is 29.3 Å². The number of hydrazine groups is 2. The Hall–Kier alpha value is -4.10. The number of hydrogen-bond donors (Lipinski definition) is 4. The second-order valence-electron chi connectivity index (χ2n) is 9.34. The van der Waals surface area contributed by atoms with Crippen molar-refractivity contribution >= 4 is 51.2 Å². The lowest BCUT2D eigenvalue weighted by molar-refractivity contribution is 0.221. The van der Waals surface area contributed by atoms with Crippen LogP contribution in [0.2, 0.25) is 10.0 Å². The molecule has 0 saturated carbocycles. The predicted octanol–water partition coefficient (Wildman–Crippen LogP) is 6.73. The second kappa shape index (κ2) is 10.9. The quantitative estimate of drug-likeness (QED) is 0.197. The number of anilines is 3. The molecular weight excluding hydrogens is 538 g/mol. The second-order valence-corrected chi connectivity index (χ2v) is 10.2. The Morgan fingerprint density at radius 1 is 1.08 bits per heavy atom. The summed E-state index contributed by atoms with van der Waals surface area (Å²) in [6.45, 7) is 6.12. The Morgan fingerprint density at radius 3 is 2.56 bits per heavy atom. The summed E-state index contributed by atoms with van der Waals surface area (Å²) in [6, 6.07) is 13.9. The Kier molecular flexibility index (Phi) is 7.44. The summed E-state index contributed by atoms with van der Waals surface area (Å²) in [5, 5.41) is 19.6. The van der Waals surface area contributed by atoms with Gasteiger partial charge in [0.2, 0.25) is 0 Å². The van der Waals surface area contributed by atoms with E-state index in [1.54, 1.807) is 18.3 Å². The number of hydrogen-bond acceptors (Lipinski definition) is 8. The van der Waals surface area contributed by atoms with Crippen LogP contribution in [-0.2, 0) is 0 Å². The van der Waals surface area contributed by atoms with Crippen molar-refractivity contribution in [2.45, 2.75) is 32.9 Å². The van der Waals surface area contributed by atoms with Crippen LogP contribution in [0.5, 0.6) is 0 Å². The van der Waals surface area contributed by atoms with E-state index in [2.05, 4.69) is 51.5 Å². The lowest BCUT2D eigenvalue weighted by atomic mass is 10.0. The molecule has 0 fully saturated rings. The maximum absolute atomic E-state index is 13.8. The minimum atomic E-state index is -0.533. The molecule has 0 bridgehead atoms. The maximum atomic E-state index is 13.8. The molecule has 2 aromatic carbocycles. The maximum Gasteiger partial charge on any atom is 0.141 e. The van der Waals surface area contributed by atoms with Crippen molar-refractivity contribution in [2.24, 2.45) is 0 Å². The Morgan fingerprint density at radius 2 is 1.87 bits per heavy atom. The molecule has 0 radical (unpaired) electrons. The number of nitrogens with zero attached hydrogens (tertiary/aromatic N) is 4. The van der Waals surface area contributed by atoms with Crippen LogP contribution in [0.3, 0.4) is 0 Å². The standard InChI is InChI=1S/C28H25Cl2FN8/c1-15(2)39-14-25(37-38-39)28(20-5-4-8-33-16(20)3)36-19-9-21-26(35-18-6-7-24(31)22(29)10-18)17(12-32)13-34-27(21)23(30)11-19/h4-11,13-15,28,36-38H,1-3H3,(H,34,35)/t28-/m0/s1. The molecule has 1 aliphatic rings. The van der Waals surface area contributed by atoms with Crippen LogP contribution in [0, 0.1) is 24.1 Å². The van der Waals surface area contributed by atoms with Crippen molar-refractivity contribution < 1.29 is 4.39 Å². The van der Waals surface area contributed by atoms with E-state index in [0.717, 1.165) is 17.0 Å². The third-order valence-corrected chi connectivity index (χ3v) is 6.96. The smallest absolute Gasteiger partial charge is 0.141 e. The molecule has 0 spiro atoms. The van der Waals surface area contributed by atoms with E-state index in [1.807, 2.05) is 36.3 Å². The van der Waals surface area contributed by atoms with Crippen molar-refractivity contribution in [2.75, 3.05) is 10.6 Å². The first kappa shape index (κ1) is 26.5. The molecule has 0 unspecified atom stereocenters. The van der Waals surface area contributed by atoms with Crippen LogP contribution in [0.25, 0.3) is 10.9 Å². The minimum Gasteiger partial charge on any atom is -0.373 e. The fourth-order valence-electron chi connectivity index (χ4n) is 4.34. The highest BCUT2D eigenvalue weighted by molar-refractivity contribution is 6.36. The molecule has 0 saturated heterocycles. The van der Waals surface area contributed by atoms with Gasteiger partial charge < -0.3 is 16.1 Å². The predicted molar refractivity (Wildman–Crippen MR) is 153 cm³/mol. The average Bonchev–Trinajstić information content (AvgIpc) is 3.41. The highest BCUT2D eigenvalue weighted by atomic mass is 35.5. The lowest BCUT2D eigenvalue weighted by Gasteiger charge is -2.23. The van der Waals surface area contributed by atoms with Crippen molar-refractivity contribution in [3.05, 3.63) is 99.4 Å². The first-order valence-electron chi connectivity index (χ1n) is 12.2. The van der Waals surface area contributed by atoms with Gasteiger partial charge in [0.25, 0.3) is 0 Å². The number of aromatic nitrogens is 2. The molecule has 1 aliphatic heterocycles. The van der Waals surface area contributed by atoms with Gasteiger partial charge >= 0.3 is 0 Å². The number of rotatable bonds is 7. The normalized spacial score (nSPS) is 13.7. The van der Waals surface area contributed by atoms with E-state index >= 15 is 0 Å². The summed E-state index contributed by atoms with van der Waals surface area (Å²) < 4.78 is 13.8. The number of nitriles is 1. The van der Waals surface area contributed by atoms with Gasteiger partial charge in [0, 0.05) is 52.7 Å². The third kappa shape index (κ3) is 5.40. The zero-order valence-corrected chi connectivity index (χ0v) is 22.9. The first-order valence-corrected chi connectivity index (χ1v) is 12.9. The van der Waals surface area contributed by atoms with Gasteiger partial charge in [0.05, 0.1) is 38.6 Å². The van der Waals surface area contributed by atoms with Gasteiger partial charge in [0.1, 0.15) is 11.9 Å². The van der Waals surface area contributed by atoms with Crippen molar-refractivity contribution in [1.29, 1.82) is 5.26 Å². The largest absolute Gasteiger partial charge is 0.373 e. The van der Waals surface area contributed by atoms with Crippen LogP contribution in [-0.4, -0.2) is 21.0 Å². The van der Waals surface area contributed by atoms with E-state index in [0.29, 0.717) is 38.6 Å². The molecular formula is C28H25Cl2FN8. The molecule has 39 heavy (non-hydrogen) atoms. The van der Waals surface area contributed by atoms with E-state index < -0.39 is 5.82 Å². The van der Waals surface area contributed by atoms with Gasteiger partial charge in [-0.25, -0.2) is 4.39 Å². The van der Waals surface area contributed by atoms with Gasteiger partial charge in [-0.15, -0.1) is 5.53 Å². The lowest BCUT2D eigenvalue weighted by Crippen LogP contribution is -2.41. The van der Waals surface area contributed by atoms with Crippen molar-refractivity contribution in [3.8, 4) is 6.07 Å². The highest BCUT2D eigenvalue weighted by Gasteiger charge is 2.25. The minimum absolute atomic E-state index is 0.0340. The van der Waals surface area contributed by atoms with Gasteiger partial charge in [-0.3, -0.25) is 15.0 Å². The summed E-state index contributed by atoms with van der Waals surface area (Å²) in [4.78, 5) is 8.91. The summed E-state index contributed by atoms with van der Waals surface area (Å²) in [5.41, 5.74) is 11.7. The molecule has 11 heteroatoms. The van der Waals surface area contributed by atoms with Crippen LogP contribution < -0.4 is 21.6 Å². The SMILES string of the molecule is Cc1ncccc1[C@H](Nc1cc(Cl)c2ncc(C#N)c(Nc3ccc(F)c(Cl)c3)c2c1)C1=CN(C(C)C)NN1. The van der Waals surface area contributed by atoms with Crippen LogP contribution in [0.1, 0.15) is 36.7 Å². The molecule has 2 aromatic heterocycles. The molecule has 5 rings (SSSR count). The van der Waals surface area contributed by atoms with Crippen molar-refractivity contribution in [3.63, 3.8) is 0 Å². The van der Waals surface area contributed by atoms with E-state index in [4.69, 9.17) is 23.2 Å². The molecule has 3 heterocycles. The zero-order chi connectivity index (χ0) is 27.7. The summed E-state index contributed by atoms with van der Waals surface area (Å²) in [6.07, 6.45) is 5.22. The molecule has 0 amide bonds. The van der Waals surface area contributed by atoms with E-state index in [9.17, 15) is 9.65 Å². The topological polar surface area (TPSA) is 101 Å². The fraction of sp³-hybridized carbons (Fsp3) is 0.179. The molecule has 8 nitrogen and oxygen atoms in total. The van der Waals surface area contributed by atoms with Crippen LogP contribution in [0.15, 0.2) is 66.8 Å². The Labute approximate surface area is 235 Å². The summed E-state index contributed by atoms with van der Waals surface area (Å²) in [5.74, 6) is -0.533. The number of benzene rings is 2. The Bertz CT molecular complexity index is 1630. The monoisotopic (exact) mass is 562 g/mol. The van der Waals surface area contributed by atoms with E-state index in [1.165, 1.54) is 18.3 Å². The van der Waals surface area contributed by atoms with E-state index in [-0.39, 0.29) is 17.1 Å².